The van der Waals surface area contributed by atoms with Gasteiger partial charge in [-0.1, -0.05) is 33.6 Å². The van der Waals surface area contributed by atoms with Gasteiger partial charge in [0.05, 0.1) is 13.0 Å². The number of rotatable bonds is 9. The minimum atomic E-state index is -0.262. The lowest BCUT2D eigenvalue weighted by atomic mass is 10.0. The van der Waals surface area contributed by atoms with Crippen LogP contribution in [0.3, 0.4) is 0 Å². The standard InChI is InChI=1S/C17H33NO3/c1-7-8-9-10-15(19)18(17(4,5)6)12-11-16(20)21-13-14(2)3/h14H,7-13H2,1-6H3. The average molecular weight is 299 g/mol. The molecule has 4 nitrogen and oxygen atoms in total. The lowest BCUT2D eigenvalue weighted by Gasteiger charge is -2.35. The molecular formula is C17H33NO3. The predicted octanol–water partition coefficient (Wildman–Crippen LogP) is 3.78. The van der Waals surface area contributed by atoms with E-state index in [-0.39, 0.29) is 23.8 Å². The van der Waals surface area contributed by atoms with Gasteiger partial charge in [0.2, 0.25) is 5.91 Å². The summed E-state index contributed by atoms with van der Waals surface area (Å²) < 4.78 is 5.17. The molecule has 0 aromatic carbocycles. The van der Waals surface area contributed by atoms with Crippen LogP contribution in [-0.4, -0.2) is 35.5 Å². The first-order valence-corrected chi connectivity index (χ1v) is 8.14. The van der Waals surface area contributed by atoms with Gasteiger partial charge in [-0.15, -0.1) is 0 Å². The summed E-state index contributed by atoms with van der Waals surface area (Å²) in [4.78, 5) is 25.8. The molecule has 0 aliphatic rings. The van der Waals surface area contributed by atoms with Crippen LogP contribution < -0.4 is 0 Å². The van der Waals surface area contributed by atoms with E-state index in [2.05, 4.69) is 6.92 Å². The van der Waals surface area contributed by atoms with Crippen LogP contribution in [0.15, 0.2) is 0 Å². The first-order valence-electron chi connectivity index (χ1n) is 8.14. The fraction of sp³-hybridized carbons (Fsp3) is 0.882. The monoisotopic (exact) mass is 299 g/mol. The highest BCUT2D eigenvalue weighted by Gasteiger charge is 2.26. The fourth-order valence-electron chi connectivity index (χ4n) is 2.03. The number of ether oxygens (including phenoxy) is 1. The molecule has 0 fully saturated rings. The summed E-state index contributed by atoms with van der Waals surface area (Å²) in [5.74, 6) is 0.246. The highest BCUT2D eigenvalue weighted by atomic mass is 16.5. The Bertz CT molecular complexity index is 318. The van der Waals surface area contributed by atoms with Crippen LogP contribution in [0.4, 0.5) is 0 Å². The smallest absolute Gasteiger partial charge is 0.307 e. The Morgan fingerprint density at radius 1 is 1.10 bits per heavy atom. The summed E-state index contributed by atoms with van der Waals surface area (Å²) in [5.41, 5.74) is -0.262. The van der Waals surface area contributed by atoms with Crippen LogP contribution in [0.2, 0.25) is 0 Å². The number of unbranched alkanes of at least 4 members (excludes halogenated alkanes) is 2. The van der Waals surface area contributed by atoms with E-state index in [1.807, 2.05) is 34.6 Å². The molecule has 0 aliphatic carbocycles. The van der Waals surface area contributed by atoms with Gasteiger partial charge in [0.1, 0.15) is 0 Å². The first-order chi connectivity index (χ1) is 9.68. The highest BCUT2D eigenvalue weighted by molar-refractivity contribution is 5.78. The van der Waals surface area contributed by atoms with Crippen LogP contribution in [0.1, 0.15) is 73.6 Å². The maximum Gasteiger partial charge on any atom is 0.307 e. The third kappa shape index (κ3) is 9.48. The minimum Gasteiger partial charge on any atom is -0.465 e. The third-order valence-corrected chi connectivity index (χ3v) is 3.22. The second kappa shape index (κ2) is 9.80. The maximum absolute atomic E-state index is 12.3. The summed E-state index contributed by atoms with van der Waals surface area (Å²) in [6, 6.07) is 0. The topological polar surface area (TPSA) is 46.6 Å². The molecule has 4 heteroatoms. The Balaban J connectivity index is 4.37. The van der Waals surface area contributed by atoms with Crippen LogP contribution >= 0.6 is 0 Å². The van der Waals surface area contributed by atoms with Gasteiger partial charge in [0, 0.05) is 18.5 Å². The maximum atomic E-state index is 12.3. The Kier molecular flexibility index (Phi) is 9.31. The van der Waals surface area contributed by atoms with E-state index < -0.39 is 0 Å². The van der Waals surface area contributed by atoms with Crippen molar-refractivity contribution in [3.63, 3.8) is 0 Å². The summed E-state index contributed by atoms with van der Waals surface area (Å²) in [7, 11) is 0. The average Bonchev–Trinajstić information content (AvgIpc) is 2.35. The van der Waals surface area contributed by atoms with Gasteiger partial charge in [-0.2, -0.15) is 0 Å². The van der Waals surface area contributed by atoms with Crippen molar-refractivity contribution >= 4 is 11.9 Å². The molecule has 21 heavy (non-hydrogen) atoms. The van der Waals surface area contributed by atoms with E-state index in [0.29, 0.717) is 25.5 Å². The summed E-state index contributed by atoms with van der Waals surface area (Å²) in [6.45, 7) is 13.0. The van der Waals surface area contributed by atoms with E-state index in [4.69, 9.17) is 4.74 Å². The molecule has 0 heterocycles. The molecule has 0 N–H and O–H groups in total. The molecule has 0 bridgehead atoms. The second-order valence-corrected chi connectivity index (χ2v) is 7.00. The number of carbonyl (C=O) groups is 2. The first kappa shape index (κ1) is 19.9. The van der Waals surface area contributed by atoms with Crippen molar-refractivity contribution in [3.8, 4) is 0 Å². The molecule has 0 spiro atoms. The lowest BCUT2D eigenvalue weighted by Crippen LogP contribution is -2.46. The minimum absolute atomic E-state index is 0.132. The normalized spacial score (nSPS) is 11.6. The van der Waals surface area contributed by atoms with Crippen LogP contribution in [0.25, 0.3) is 0 Å². The van der Waals surface area contributed by atoms with Gasteiger partial charge < -0.3 is 9.64 Å². The van der Waals surface area contributed by atoms with E-state index in [0.717, 1.165) is 19.3 Å². The van der Waals surface area contributed by atoms with Gasteiger partial charge in [-0.05, 0) is 33.1 Å². The van der Waals surface area contributed by atoms with Crippen molar-refractivity contribution in [2.75, 3.05) is 13.2 Å². The molecule has 0 saturated heterocycles. The second-order valence-electron chi connectivity index (χ2n) is 7.00. The van der Waals surface area contributed by atoms with E-state index in [1.165, 1.54) is 0 Å². The molecule has 0 rings (SSSR count). The molecule has 1 amide bonds. The van der Waals surface area contributed by atoms with Gasteiger partial charge in [0.15, 0.2) is 0 Å². The Morgan fingerprint density at radius 2 is 1.71 bits per heavy atom. The predicted molar refractivity (Wildman–Crippen MR) is 86.0 cm³/mol. The SMILES string of the molecule is CCCCCC(=O)N(CCC(=O)OCC(C)C)C(C)(C)C. The summed E-state index contributed by atoms with van der Waals surface area (Å²) in [6.07, 6.45) is 3.92. The van der Waals surface area contributed by atoms with E-state index in [1.54, 1.807) is 4.90 Å². The largest absolute Gasteiger partial charge is 0.465 e. The molecule has 0 aliphatic heterocycles. The number of hydrogen-bond acceptors (Lipinski definition) is 3. The third-order valence-electron chi connectivity index (χ3n) is 3.22. The zero-order valence-corrected chi connectivity index (χ0v) is 14.7. The molecule has 0 saturated carbocycles. The number of esters is 1. The van der Waals surface area contributed by atoms with Crippen molar-refractivity contribution in [1.82, 2.24) is 4.90 Å². The van der Waals surface area contributed by atoms with E-state index in [9.17, 15) is 9.59 Å². The van der Waals surface area contributed by atoms with Gasteiger partial charge in [-0.25, -0.2) is 0 Å². The summed E-state index contributed by atoms with van der Waals surface area (Å²) >= 11 is 0. The van der Waals surface area contributed by atoms with Crippen molar-refractivity contribution in [3.05, 3.63) is 0 Å². The van der Waals surface area contributed by atoms with E-state index >= 15 is 0 Å². The van der Waals surface area contributed by atoms with Crippen LogP contribution in [-0.2, 0) is 14.3 Å². The van der Waals surface area contributed by atoms with Gasteiger partial charge in [-0.3, -0.25) is 9.59 Å². The number of amides is 1. The van der Waals surface area contributed by atoms with Gasteiger partial charge >= 0.3 is 5.97 Å². The molecule has 0 aromatic rings. The Morgan fingerprint density at radius 3 is 2.19 bits per heavy atom. The van der Waals surface area contributed by atoms with Crippen molar-refractivity contribution < 1.29 is 14.3 Å². The Hall–Kier alpha value is -1.06. The molecule has 0 radical (unpaired) electrons. The quantitative estimate of drug-likeness (QED) is 0.481. The van der Waals surface area contributed by atoms with Crippen LogP contribution in [0.5, 0.6) is 0 Å². The molecule has 124 valence electrons. The Labute approximate surface area is 130 Å². The zero-order valence-electron chi connectivity index (χ0n) is 14.7. The van der Waals surface area contributed by atoms with Gasteiger partial charge in [0.25, 0.3) is 0 Å². The molecular weight excluding hydrogens is 266 g/mol. The summed E-state index contributed by atoms with van der Waals surface area (Å²) in [5, 5.41) is 0. The zero-order chi connectivity index (χ0) is 16.5. The molecule has 0 aromatic heterocycles. The highest BCUT2D eigenvalue weighted by Crippen LogP contribution is 2.17. The number of carbonyl (C=O) groups excluding carboxylic acids is 2. The number of hydrogen-bond donors (Lipinski definition) is 0. The fourth-order valence-corrected chi connectivity index (χ4v) is 2.03. The molecule has 0 unspecified atom stereocenters. The molecule has 0 atom stereocenters. The number of nitrogens with zero attached hydrogens (tertiary/aromatic N) is 1. The van der Waals surface area contributed by atoms with Crippen molar-refractivity contribution in [1.29, 1.82) is 0 Å². The van der Waals surface area contributed by atoms with Crippen LogP contribution in [0, 0.1) is 5.92 Å². The van der Waals surface area contributed by atoms with Crippen molar-refractivity contribution in [2.45, 2.75) is 79.2 Å². The lowest BCUT2D eigenvalue weighted by molar-refractivity contribution is -0.146. The van der Waals surface area contributed by atoms with Crippen molar-refractivity contribution in [2.24, 2.45) is 5.92 Å².